The van der Waals surface area contributed by atoms with Gasteiger partial charge in [-0.2, -0.15) is 0 Å². The van der Waals surface area contributed by atoms with Crippen molar-refractivity contribution in [2.24, 2.45) is 0 Å². The molecule has 2 rings (SSSR count). The SMILES string of the molecule is CN(CC1(C)C=CC(=O)O1)c1ccccc1. The van der Waals surface area contributed by atoms with E-state index in [0.717, 1.165) is 5.69 Å². The van der Waals surface area contributed by atoms with Crippen LogP contribution in [0.15, 0.2) is 42.5 Å². The predicted octanol–water partition coefficient (Wildman–Crippen LogP) is 1.99. The Hall–Kier alpha value is -1.77. The van der Waals surface area contributed by atoms with E-state index in [9.17, 15) is 4.79 Å². The molecule has 84 valence electrons. The van der Waals surface area contributed by atoms with E-state index in [-0.39, 0.29) is 5.97 Å². The lowest BCUT2D eigenvalue weighted by Gasteiger charge is -2.29. The minimum absolute atomic E-state index is 0.260. The summed E-state index contributed by atoms with van der Waals surface area (Å²) in [7, 11) is 1.99. The van der Waals surface area contributed by atoms with E-state index in [4.69, 9.17) is 4.74 Å². The van der Waals surface area contributed by atoms with Crippen LogP contribution >= 0.6 is 0 Å². The number of rotatable bonds is 3. The molecular weight excluding hydrogens is 202 g/mol. The second-order valence-corrected chi connectivity index (χ2v) is 4.26. The Balaban J connectivity index is 2.06. The Morgan fingerprint density at radius 1 is 1.31 bits per heavy atom. The van der Waals surface area contributed by atoms with Crippen LogP contribution in [-0.4, -0.2) is 25.2 Å². The summed E-state index contributed by atoms with van der Waals surface area (Å²) in [5, 5.41) is 0. The van der Waals surface area contributed by atoms with Gasteiger partial charge < -0.3 is 9.64 Å². The molecule has 1 atom stereocenters. The highest BCUT2D eigenvalue weighted by Crippen LogP contribution is 2.22. The molecule has 1 aromatic carbocycles. The first kappa shape index (κ1) is 10.7. The molecule has 1 heterocycles. The van der Waals surface area contributed by atoms with Gasteiger partial charge >= 0.3 is 5.97 Å². The Morgan fingerprint density at radius 3 is 2.56 bits per heavy atom. The highest BCUT2D eigenvalue weighted by molar-refractivity contribution is 5.85. The number of benzene rings is 1. The molecule has 1 unspecified atom stereocenters. The minimum atomic E-state index is -0.512. The van der Waals surface area contributed by atoms with Gasteiger partial charge in [0.1, 0.15) is 5.60 Å². The van der Waals surface area contributed by atoms with E-state index < -0.39 is 5.60 Å². The van der Waals surface area contributed by atoms with Crippen LogP contribution in [0.5, 0.6) is 0 Å². The molecule has 0 radical (unpaired) electrons. The van der Waals surface area contributed by atoms with Gasteiger partial charge in [-0.15, -0.1) is 0 Å². The van der Waals surface area contributed by atoms with Crippen molar-refractivity contribution in [3.8, 4) is 0 Å². The maximum Gasteiger partial charge on any atom is 0.331 e. The first-order valence-electron chi connectivity index (χ1n) is 5.27. The van der Waals surface area contributed by atoms with Gasteiger partial charge in [0.2, 0.25) is 0 Å². The van der Waals surface area contributed by atoms with Crippen LogP contribution in [0.25, 0.3) is 0 Å². The van der Waals surface area contributed by atoms with Gasteiger partial charge in [0.05, 0.1) is 6.54 Å². The number of hydrogen-bond donors (Lipinski definition) is 0. The first-order valence-corrected chi connectivity index (χ1v) is 5.27. The molecule has 3 heteroatoms. The van der Waals surface area contributed by atoms with Crippen LogP contribution in [0.3, 0.4) is 0 Å². The van der Waals surface area contributed by atoms with Crippen LogP contribution in [0.4, 0.5) is 5.69 Å². The Bertz CT molecular complexity index is 413. The van der Waals surface area contributed by atoms with Crippen molar-refractivity contribution in [1.82, 2.24) is 0 Å². The number of ether oxygens (including phenoxy) is 1. The summed E-state index contributed by atoms with van der Waals surface area (Å²) in [5.41, 5.74) is 0.599. The molecule has 1 aromatic rings. The zero-order chi connectivity index (χ0) is 11.6. The van der Waals surface area contributed by atoms with Gasteiger partial charge in [-0.25, -0.2) is 4.79 Å². The Kier molecular flexibility index (Phi) is 2.69. The first-order chi connectivity index (χ1) is 7.59. The van der Waals surface area contributed by atoms with Crippen LogP contribution in [0, 0.1) is 0 Å². The van der Waals surface area contributed by atoms with Crippen LogP contribution < -0.4 is 4.90 Å². The molecule has 0 aromatic heterocycles. The summed E-state index contributed by atoms with van der Waals surface area (Å²) < 4.78 is 5.25. The van der Waals surface area contributed by atoms with E-state index in [1.165, 1.54) is 6.08 Å². The Morgan fingerprint density at radius 2 is 2.00 bits per heavy atom. The lowest BCUT2D eigenvalue weighted by Crippen LogP contribution is -2.38. The third kappa shape index (κ3) is 2.24. The number of hydrogen-bond acceptors (Lipinski definition) is 3. The largest absolute Gasteiger partial charge is 0.450 e. The third-order valence-electron chi connectivity index (χ3n) is 2.65. The summed E-state index contributed by atoms with van der Waals surface area (Å²) in [6, 6.07) is 10.0. The lowest BCUT2D eigenvalue weighted by molar-refractivity contribution is -0.143. The van der Waals surface area contributed by atoms with Crippen molar-refractivity contribution >= 4 is 11.7 Å². The van der Waals surface area contributed by atoms with E-state index in [1.807, 2.05) is 50.4 Å². The van der Waals surface area contributed by atoms with Gasteiger partial charge in [-0.3, -0.25) is 0 Å². The van der Waals surface area contributed by atoms with E-state index in [0.29, 0.717) is 6.54 Å². The van der Waals surface area contributed by atoms with Crippen molar-refractivity contribution in [3.63, 3.8) is 0 Å². The van der Waals surface area contributed by atoms with Crippen molar-refractivity contribution in [2.45, 2.75) is 12.5 Å². The second kappa shape index (κ2) is 4.00. The van der Waals surface area contributed by atoms with E-state index >= 15 is 0 Å². The van der Waals surface area contributed by atoms with Gasteiger partial charge in [0.25, 0.3) is 0 Å². The van der Waals surface area contributed by atoms with Crippen LogP contribution in [0.2, 0.25) is 0 Å². The molecule has 3 nitrogen and oxygen atoms in total. The van der Waals surface area contributed by atoms with Gasteiger partial charge in [0.15, 0.2) is 0 Å². The van der Waals surface area contributed by atoms with Crippen LogP contribution in [-0.2, 0) is 9.53 Å². The lowest BCUT2D eigenvalue weighted by atomic mass is 10.1. The number of esters is 1. The zero-order valence-corrected chi connectivity index (χ0v) is 9.51. The summed E-state index contributed by atoms with van der Waals surface area (Å²) in [6.45, 7) is 2.56. The van der Waals surface area contributed by atoms with Crippen LogP contribution in [0.1, 0.15) is 6.92 Å². The predicted molar refractivity (Wildman–Crippen MR) is 63.3 cm³/mol. The molecule has 0 bridgehead atoms. The molecule has 16 heavy (non-hydrogen) atoms. The van der Waals surface area contributed by atoms with Gasteiger partial charge in [0, 0.05) is 18.8 Å². The number of anilines is 1. The van der Waals surface area contributed by atoms with Gasteiger partial charge in [-0.05, 0) is 25.1 Å². The zero-order valence-electron chi connectivity index (χ0n) is 9.51. The number of nitrogens with zero attached hydrogens (tertiary/aromatic N) is 1. The fraction of sp³-hybridized carbons (Fsp3) is 0.308. The molecule has 1 aliphatic heterocycles. The van der Waals surface area contributed by atoms with E-state index in [1.54, 1.807) is 0 Å². The maximum atomic E-state index is 11.0. The van der Waals surface area contributed by atoms with Crippen molar-refractivity contribution in [2.75, 3.05) is 18.5 Å². The molecule has 0 saturated heterocycles. The highest BCUT2D eigenvalue weighted by Gasteiger charge is 2.31. The number of para-hydroxylation sites is 1. The average molecular weight is 217 g/mol. The molecule has 0 aliphatic carbocycles. The van der Waals surface area contributed by atoms with Gasteiger partial charge in [-0.1, -0.05) is 18.2 Å². The highest BCUT2D eigenvalue weighted by atomic mass is 16.6. The normalized spacial score (nSPS) is 23.2. The maximum absolute atomic E-state index is 11.0. The Labute approximate surface area is 95.3 Å². The smallest absolute Gasteiger partial charge is 0.331 e. The summed E-state index contributed by atoms with van der Waals surface area (Å²) in [5.74, 6) is -0.260. The average Bonchev–Trinajstić information content (AvgIpc) is 2.59. The monoisotopic (exact) mass is 217 g/mol. The molecule has 1 aliphatic rings. The standard InChI is InChI=1S/C13H15NO2/c1-13(9-8-12(15)16-13)10-14(2)11-6-4-3-5-7-11/h3-9H,10H2,1-2H3. The topological polar surface area (TPSA) is 29.5 Å². The summed E-state index contributed by atoms with van der Waals surface area (Å²) in [4.78, 5) is 13.1. The molecule has 0 saturated carbocycles. The molecule has 0 fully saturated rings. The third-order valence-corrected chi connectivity index (χ3v) is 2.65. The molecule has 0 amide bonds. The number of likely N-dealkylation sites (N-methyl/N-ethyl adjacent to an activating group) is 1. The molecule has 0 spiro atoms. The van der Waals surface area contributed by atoms with Crippen molar-refractivity contribution in [3.05, 3.63) is 42.5 Å². The van der Waals surface area contributed by atoms with Crippen molar-refractivity contribution in [1.29, 1.82) is 0 Å². The number of cyclic esters (lactones) is 1. The second-order valence-electron chi connectivity index (χ2n) is 4.26. The molecule has 0 N–H and O–H groups in total. The summed E-state index contributed by atoms with van der Waals surface area (Å²) in [6.07, 6.45) is 3.30. The molecular formula is C13H15NO2. The fourth-order valence-electron chi connectivity index (χ4n) is 1.87. The van der Waals surface area contributed by atoms with Crippen molar-refractivity contribution < 1.29 is 9.53 Å². The quantitative estimate of drug-likeness (QED) is 0.725. The number of carbonyl (C=O) groups is 1. The number of carbonyl (C=O) groups excluding carboxylic acids is 1. The minimum Gasteiger partial charge on any atom is -0.450 e. The summed E-state index contributed by atoms with van der Waals surface area (Å²) >= 11 is 0. The van der Waals surface area contributed by atoms with E-state index in [2.05, 4.69) is 4.90 Å². The fourth-order valence-corrected chi connectivity index (χ4v) is 1.87.